The van der Waals surface area contributed by atoms with Crippen molar-refractivity contribution < 1.29 is 4.79 Å². The molecule has 1 atom stereocenters. The number of rotatable bonds is 3. The monoisotopic (exact) mass is 266 g/mol. The van der Waals surface area contributed by atoms with Crippen molar-refractivity contribution in [1.29, 1.82) is 0 Å². The number of hydrogen-bond acceptors (Lipinski definition) is 3. The number of aromatic nitrogens is 3. The first-order chi connectivity index (χ1) is 8.35. The van der Waals surface area contributed by atoms with Gasteiger partial charge in [-0.2, -0.15) is 0 Å². The van der Waals surface area contributed by atoms with Crippen LogP contribution >= 0.6 is 11.6 Å². The minimum atomic E-state index is -0.929. The number of halogens is 1. The summed E-state index contributed by atoms with van der Waals surface area (Å²) in [4.78, 5) is 20.3. The van der Waals surface area contributed by atoms with Crippen LogP contribution in [0.5, 0.6) is 0 Å². The van der Waals surface area contributed by atoms with Gasteiger partial charge in [-0.05, 0) is 32.9 Å². The first-order valence-electron chi connectivity index (χ1n) is 5.63. The van der Waals surface area contributed by atoms with Gasteiger partial charge in [0.2, 0.25) is 5.91 Å². The molecule has 0 saturated heterocycles. The fourth-order valence-corrected chi connectivity index (χ4v) is 2.00. The van der Waals surface area contributed by atoms with Crippen LogP contribution in [-0.2, 0) is 10.3 Å². The average molecular weight is 267 g/mol. The zero-order valence-electron chi connectivity index (χ0n) is 10.5. The quantitative estimate of drug-likeness (QED) is 0.863. The summed E-state index contributed by atoms with van der Waals surface area (Å²) in [5, 5.41) is -0.335. The van der Waals surface area contributed by atoms with Crippen LogP contribution in [0.4, 0.5) is 0 Å². The SMILES string of the molecule is CC(Cl)c1nc2cccnc2n1C(C)(C)C(N)=O. The molecule has 2 N–H and O–H groups in total. The van der Waals surface area contributed by atoms with Crippen molar-refractivity contribution in [2.75, 3.05) is 0 Å². The van der Waals surface area contributed by atoms with Gasteiger partial charge in [-0.25, -0.2) is 9.97 Å². The topological polar surface area (TPSA) is 73.8 Å². The predicted octanol–water partition coefficient (Wildman–Crippen LogP) is 1.95. The lowest BCUT2D eigenvalue weighted by Crippen LogP contribution is -2.42. The van der Waals surface area contributed by atoms with Crippen molar-refractivity contribution >= 4 is 28.7 Å². The third-order valence-electron chi connectivity index (χ3n) is 2.96. The maximum Gasteiger partial charge on any atom is 0.243 e. The molecule has 1 unspecified atom stereocenters. The third-order valence-corrected chi connectivity index (χ3v) is 3.15. The van der Waals surface area contributed by atoms with Crippen molar-refractivity contribution in [1.82, 2.24) is 14.5 Å². The Kier molecular flexibility index (Phi) is 3.02. The summed E-state index contributed by atoms with van der Waals surface area (Å²) >= 11 is 6.13. The van der Waals surface area contributed by atoms with Gasteiger partial charge in [-0.3, -0.25) is 9.36 Å². The van der Waals surface area contributed by atoms with Gasteiger partial charge in [0.05, 0.1) is 5.38 Å². The summed E-state index contributed by atoms with van der Waals surface area (Å²) in [6.45, 7) is 5.26. The summed E-state index contributed by atoms with van der Waals surface area (Å²) in [5.74, 6) is 0.139. The number of fused-ring (bicyclic) bond motifs is 1. The Morgan fingerprint density at radius 3 is 2.78 bits per heavy atom. The number of hydrogen-bond donors (Lipinski definition) is 1. The van der Waals surface area contributed by atoms with E-state index in [0.717, 1.165) is 0 Å². The van der Waals surface area contributed by atoms with Crippen molar-refractivity contribution in [3.05, 3.63) is 24.2 Å². The molecule has 1 amide bonds. The van der Waals surface area contributed by atoms with Crippen LogP contribution in [0.3, 0.4) is 0 Å². The molecule has 96 valence electrons. The third kappa shape index (κ3) is 1.84. The van der Waals surface area contributed by atoms with Gasteiger partial charge in [0.15, 0.2) is 5.65 Å². The molecule has 2 rings (SSSR count). The smallest absolute Gasteiger partial charge is 0.243 e. The number of amides is 1. The molecular formula is C12H15ClN4O. The van der Waals surface area contributed by atoms with Crippen LogP contribution in [0.15, 0.2) is 18.3 Å². The molecule has 0 radical (unpaired) electrons. The lowest BCUT2D eigenvalue weighted by molar-refractivity contribution is -0.125. The van der Waals surface area contributed by atoms with E-state index in [-0.39, 0.29) is 5.38 Å². The lowest BCUT2D eigenvalue weighted by atomic mass is 10.0. The van der Waals surface area contributed by atoms with E-state index in [4.69, 9.17) is 17.3 Å². The Morgan fingerprint density at radius 2 is 2.22 bits per heavy atom. The van der Waals surface area contributed by atoms with Crippen molar-refractivity contribution in [2.45, 2.75) is 31.7 Å². The number of carbonyl (C=O) groups excluding carboxylic acids is 1. The summed E-state index contributed by atoms with van der Waals surface area (Å²) in [6, 6.07) is 3.62. The lowest BCUT2D eigenvalue weighted by Gasteiger charge is -2.25. The fourth-order valence-electron chi connectivity index (χ4n) is 1.86. The van der Waals surface area contributed by atoms with Crippen molar-refractivity contribution in [3.63, 3.8) is 0 Å². The van der Waals surface area contributed by atoms with E-state index in [9.17, 15) is 4.79 Å². The molecule has 2 aromatic heterocycles. The number of primary amides is 1. The number of pyridine rings is 1. The molecule has 0 aliphatic carbocycles. The minimum absolute atomic E-state index is 0.335. The van der Waals surface area contributed by atoms with E-state index in [1.807, 2.05) is 6.07 Å². The summed E-state index contributed by atoms with van der Waals surface area (Å²) < 4.78 is 1.71. The molecule has 0 spiro atoms. The average Bonchev–Trinajstić information content (AvgIpc) is 2.68. The molecule has 5 nitrogen and oxygen atoms in total. The molecule has 0 aliphatic heterocycles. The highest BCUT2D eigenvalue weighted by atomic mass is 35.5. The molecule has 0 aromatic carbocycles. The number of nitrogens with zero attached hydrogens (tertiary/aromatic N) is 3. The van der Waals surface area contributed by atoms with Gasteiger partial charge in [0.25, 0.3) is 0 Å². The normalized spacial score (nSPS) is 13.8. The first-order valence-corrected chi connectivity index (χ1v) is 6.07. The number of nitrogens with two attached hydrogens (primary N) is 1. The second-order valence-corrected chi connectivity index (χ2v) is 5.35. The molecule has 0 bridgehead atoms. The van der Waals surface area contributed by atoms with Gasteiger partial charge in [0, 0.05) is 6.20 Å². The van der Waals surface area contributed by atoms with Crippen LogP contribution < -0.4 is 5.73 Å². The van der Waals surface area contributed by atoms with Crippen molar-refractivity contribution in [3.8, 4) is 0 Å². The molecule has 18 heavy (non-hydrogen) atoms. The minimum Gasteiger partial charge on any atom is -0.368 e. The van der Waals surface area contributed by atoms with Crippen LogP contribution in [-0.4, -0.2) is 20.4 Å². The molecule has 2 heterocycles. The van der Waals surface area contributed by atoms with Crippen LogP contribution in [0.1, 0.15) is 32.0 Å². The van der Waals surface area contributed by atoms with E-state index >= 15 is 0 Å². The van der Waals surface area contributed by atoms with E-state index in [1.54, 1.807) is 37.6 Å². The van der Waals surface area contributed by atoms with E-state index < -0.39 is 11.4 Å². The number of imidazole rings is 1. The Balaban J connectivity index is 2.81. The maximum absolute atomic E-state index is 11.6. The standard InChI is InChI=1S/C12H15ClN4O/c1-7(13)9-16-8-5-4-6-15-10(8)17(9)12(2,3)11(14)18/h4-7H,1-3H3,(H2,14,18). The van der Waals surface area contributed by atoms with Crippen LogP contribution in [0.2, 0.25) is 0 Å². The Bertz CT molecular complexity index is 603. The Hall–Kier alpha value is -1.62. The van der Waals surface area contributed by atoms with Gasteiger partial charge >= 0.3 is 0 Å². The molecule has 2 aromatic rings. The van der Waals surface area contributed by atoms with Gasteiger partial charge < -0.3 is 5.73 Å². The summed E-state index contributed by atoms with van der Waals surface area (Å²) in [6.07, 6.45) is 1.65. The Labute approximate surface area is 110 Å². The summed E-state index contributed by atoms with van der Waals surface area (Å²) in [7, 11) is 0. The highest BCUT2D eigenvalue weighted by Gasteiger charge is 2.33. The van der Waals surface area contributed by atoms with Gasteiger partial charge in [-0.15, -0.1) is 11.6 Å². The molecule has 0 fully saturated rings. The van der Waals surface area contributed by atoms with Gasteiger partial charge in [0.1, 0.15) is 16.9 Å². The second kappa shape index (κ2) is 4.24. The largest absolute Gasteiger partial charge is 0.368 e. The van der Waals surface area contributed by atoms with Crippen LogP contribution in [0, 0.1) is 0 Å². The molecule has 0 saturated carbocycles. The maximum atomic E-state index is 11.6. The van der Waals surface area contributed by atoms with E-state index in [2.05, 4.69) is 9.97 Å². The number of alkyl halides is 1. The van der Waals surface area contributed by atoms with E-state index in [0.29, 0.717) is 17.0 Å². The van der Waals surface area contributed by atoms with Crippen LogP contribution in [0.25, 0.3) is 11.2 Å². The summed E-state index contributed by atoms with van der Waals surface area (Å²) in [5.41, 5.74) is 5.85. The van der Waals surface area contributed by atoms with E-state index in [1.165, 1.54) is 0 Å². The second-order valence-electron chi connectivity index (χ2n) is 4.69. The van der Waals surface area contributed by atoms with Gasteiger partial charge in [-0.1, -0.05) is 0 Å². The molecular weight excluding hydrogens is 252 g/mol. The first kappa shape index (κ1) is 12.8. The van der Waals surface area contributed by atoms with Crippen molar-refractivity contribution in [2.24, 2.45) is 5.73 Å². The zero-order valence-corrected chi connectivity index (χ0v) is 11.3. The predicted molar refractivity (Wildman–Crippen MR) is 70.3 cm³/mol. The Morgan fingerprint density at radius 1 is 1.56 bits per heavy atom. The highest BCUT2D eigenvalue weighted by Crippen LogP contribution is 2.29. The highest BCUT2D eigenvalue weighted by molar-refractivity contribution is 6.20. The molecule has 6 heteroatoms. The fraction of sp³-hybridized carbons (Fsp3) is 0.417. The zero-order chi connectivity index (χ0) is 13.5. The number of carbonyl (C=O) groups is 1. The molecule has 0 aliphatic rings.